The average Bonchev–Trinajstić information content (AvgIpc) is 3.47. The van der Waals surface area contributed by atoms with Gasteiger partial charge in [0.25, 0.3) is 5.91 Å². The van der Waals surface area contributed by atoms with Crippen LogP contribution in [-0.2, 0) is 5.75 Å². The molecule has 0 aliphatic rings. The number of H-pyrrole nitrogens is 1. The Kier molecular flexibility index (Phi) is 5.68. The molecule has 150 valence electrons. The van der Waals surface area contributed by atoms with E-state index in [1.54, 1.807) is 6.26 Å². The molecule has 0 fully saturated rings. The molecule has 0 aliphatic carbocycles. The summed E-state index contributed by atoms with van der Waals surface area (Å²) >= 11 is 1.47. The Balaban J connectivity index is 1.55. The van der Waals surface area contributed by atoms with E-state index in [1.165, 1.54) is 18.1 Å². The number of benzene rings is 1. The third-order valence-corrected chi connectivity index (χ3v) is 5.50. The summed E-state index contributed by atoms with van der Waals surface area (Å²) in [4.78, 5) is 19.1. The lowest BCUT2D eigenvalue weighted by Gasteiger charge is -2.22. The van der Waals surface area contributed by atoms with Gasteiger partial charge in [-0.3, -0.25) is 14.8 Å². The summed E-state index contributed by atoms with van der Waals surface area (Å²) in [6, 6.07) is 11.3. The van der Waals surface area contributed by atoms with Crippen LogP contribution in [0.25, 0.3) is 11.0 Å². The maximum Gasteiger partial charge on any atom is 0.287 e. The molecule has 3 aromatic heterocycles. The van der Waals surface area contributed by atoms with Crippen LogP contribution in [0.4, 0.5) is 0 Å². The second-order valence-corrected chi connectivity index (χ2v) is 7.65. The van der Waals surface area contributed by atoms with E-state index in [9.17, 15) is 4.79 Å². The molecule has 4 rings (SSSR count). The largest absolute Gasteiger partial charge is 0.468 e. The first kappa shape index (κ1) is 19.3. The van der Waals surface area contributed by atoms with Gasteiger partial charge in [-0.05, 0) is 32.3 Å². The van der Waals surface area contributed by atoms with Crippen LogP contribution in [0.2, 0.25) is 0 Å². The van der Waals surface area contributed by atoms with E-state index in [0.29, 0.717) is 28.8 Å². The molecular formula is C20H21N5O3S. The first-order valence-electron chi connectivity index (χ1n) is 9.10. The van der Waals surface area contributed by atoms with Crippen LogP contribution in [0.5, 0.6) is 0 Å². The van der Waals surface area contributed by atoms with E-state index in [0.717, 1.165) is 16.7 Å². The van der Waals surface area contributed by atoms with Crippen molar-refractivity contribution in [3.05, 3.63) is 66.1 Å². The zero-order valence-corrected chi connectivity index (χ0v) is 16.9. The summed E-state index contributed by atoms with van der Waals surface area (Å²) in [6.07, 6.45) is 3.09. The lowest BCUT2D eigenvalue weighted by molar-refractivity contribution is 0.0912. The van der Waals surface area contributed by atoms with E-state index >= 15 is 0 Å². The predicted molar refractivity (Wildman–Crippen MR) is 110 cm³/mol. The quantitative estimate of drug-likeness (QED) is 0.428. The molecule has 0 radical (unpaired) electrons. The molecule has 0 bridgehead atoms. The Labute approximate surface area is 171 Å². The highest BCUT2D eigenvalue weighted by Crippen LogP contribution is 2.31. The molecule has 8 nitrogen and oxygen atoms in total. The average molecular weight is 411 g/mol. The molecular weight excluding hydrogens is 390 g/mol. The van der Waals surface area contributed by atoms with Gasteiger partial charge in [-0.25, -0.2) is 4.98 Å². The molecule has 0 unspecified atom stereocenters. The number of hydrogen-bond donors (Lipinski definition) is 2. The SMILES string of the molecule is CN(C)[C@@H](CNC(=O)c1oc2ccccc2c1CSc1ncn[nH]1)c1ccco1. The van der Waals surface area contributed by atoms with Gasteiger partial charge in [0.1, 0.15) is 17.7 Å². The van der Waals surface area contributed by atoms with Crippen molar-refractivity contribution < 1.29 is 13.6 Å². The van der Waals surface area contributed by atoms with Crippen molar-refractivity contribution in [3.8, 4) is 0 Å². The number of para-hydroxylation sites is 1. The van der Waals surface area contributed by atoms with E-state index in [1.807, 2.05) is 55.4 Å². The summed E-state index contributed by atoms with van der Waals surface area (Å²) in [6.45, 7) is 0.394. The fourth-order valence-corrected chi connectivity index (χ4v) is 3.92. The van der Waals surface area contributed by atoms with Crippen molar-refractivity contribution in [2.75, 3.05) is 20.6 Å². The van der Waals surface area contributed by atoms with Gasteiger partial charge in [-0.1, -0.05) is 30.0 Å². The lowest BCUT2D eigenvalue weighted by atomic mass is 10.1. The molecule has 2 N–H and O–H groups in total. The van der Waals surface area contributed by atoms with Gasteiger partial charge in [0.15, 0.2) is 10.9 Å². The van der Waals surface area contributed by atoms with E-state index in [2.05, 4.69) is 20.5 Å². The van der Waals surface area contributed by atoms with Crippen LogP contribution in [0, 0.1) is 0 Å². The second kappa shape index (κ2) is 8.54. The number of aromatic nitrogens is 3. The van der Waals surface area contributed by atoms with Gasteiger partial charge >= 0.3 is 0 Å². The highest BCUT2D eigenvalue weighted by molar-refractivity contribution is 7.98. The molecule has 3 heterocycles. The van der Waals surface area contributed by atoms with Gasteiger partial charge in [0.2, 0.25) is 0 Å². The van der Waals surface area contributed by atoms with Crippen molar-refractivity contribution in [1.29, 1.82) is 0 Å². The van der Waals surface area contributed by atoms with E-state index in [4.69, 9.17) is 8.83 Å². The summed E-state index contributed by atoms with van der Waals surface area (Å²) in [5.41, 5.74) is 1.51. The number of fused-ring (bicyclic) bond motifs is 1. The first-order valence-corrected chi connectivity index (χ1v) is 10.1. The number of carbonyl (C=O) groups is 1. The number of thioether (sulfide) groups is 1. The number of rotatable bonds is 8. The molecule has 9 heteroatoms. The second-order valence-electron chi connectivity index (χ2n) is 6.69. The van der Waals surface area contributed by atoms with Gasteiger partial charge in [-0.2, -0.15) is 5.10 Å². The predicted octanol–water partition coefficient (Wildman–Crippen LogP) is 3.47. The Morgan fingerprint density at radius 1 is 1.28 bits per heavy atom. The lowest BCUT2D eigenvalue weighted by Crippen LogP contribution is -2.34. The van der Waals surface area contributed by atoms with Crippen LogP contribution in [0.3, 0.4) is 0 Å². The number of likely N-dealkylation sites (N-methyl/N-ethyl adjacent to an activating group) is 1. The first-order chi connectivity index (χ1) is 14.1. The van der Waals surface area contributed by atoms with Crippen LogP contribution < -0.4 is 5.32 Å². The van der Waals surface area contributed by atoms with Crippen LogP contribution in [0.1, 0.15) is 27.9 Å². The molecule has 1 aromatic carbocycles. The van der Waals surface area contributed by atoms with Crippen LogP contribution >= 0.6 is 11.8 Å². The molecule has 0 aliphatic heterocycles. The minimum Gasteiger partial charge on any atom is -0.468 e. The molecule has 1 amide bonds. The van der Waals surface area contributed by atoms with Gasteiger partial charge < -0.3 is 14.2 Å². The molecule has 0 spiro atoms. The fourth-order valence-electron chi connectivity index (χ4n) is 3.12. The van der Waals surface area contributed by atoms with Crippen molar-refractivity contribution in [3.63, 3.8) is 0 Å². The Morgan fingerprint density at radius 2 is 2.14 bits per heavy atom. The zero-order valence-electron chi connectivity index (χ0n) is 16.1. The summed E-state index contributed by atoms with van der Waals surface area (Å²) in [5, 5.41) is 11.3. The number of hydrogen-bond acceptors (Lipinski definition) is 7. The van der Waals surface area contributed by atoms with Crippen LogP contribution in [-0.4, -0.2) is 46.6 Å². The summed E-state index contributed by atoms with van der Waals surface area (Å²) < 4.78 is 11.4. The van der Waals surface area contributed by atoms with Crippen LogP contribution in [0.15, 0.2) is 63.0 Å². The molecule has 0 saturated carbocycles. The van der Waals surface area contributed by atoms with Crippen molar-refractivity contribution in [1.82, 2.24) is 25.4 Å². The Bertz CT molecular complexity index is 1070. The minimum atomic E-state index is -0.257. The summed E-state index contributed by atoms with van der Waals surface area (Å²) in [5.74, 6) is 1.38. The monoisotopic (exact) mass is 411 g/mol. The zero-order chi connectivity index (χ0) is 20.2. The molecule has 0 saturated heterocycles. The number of furan rings is 2. The number of amides is 1. The highest BCUT2D eigenvalue weighted by Gasteiger charge is 2.23. The van der Waals surface area contributed by atoms with Gasteiger partial charge in [0.05, 0.1) is 12.3 Å². The standard InChI is InChI=1S/C20H21N5O3S/c1-25(2)15(17-8-5-9-27-17)10-21-19(26)18-14(11-29-20-22-12-23-24-20)13-6-3-4-7-16(13)28-18/h3-9,12,15H,10-11H2,1-2H3,(H,21,26)(H,22,23,24)/t15-/m0/s1. The number of nitrogens with one attached hydrogen (secondary N) is 2. The maximum atomic E-state index is 13.0. The van der Waals surface area contributed by atoms with Gasteiger partial charge in [0, 0.05) is 23.2 Å². The minimum absolute atomic E-state index is 0.0784. The molecule has 1 atom stereocenters. The maximum absolute atomic E-state index is 13.0. The number of carbonyl (C=O) groups excluding carboxylic acids is 1. The Hall–Kier alpha value is -3.04. The smallest absolute Gasteiger partial charge is 0.287 e. The third kappa shape index (κ3) is 4.20. The number of nitrogens with zero attached hydrogens (tertiary/aromatic N) is 3. The van der Waals surface area contributed by atoms with Crippen molar-refractivity contribution >= 4 is 28.6 Å². The topological polar surface area (TPSA) is 100 Å². The molecule has 4 aromatic rings. The van der Waals surface area contributed by atoms with Gasteiger partial charge in [-0.15, -0.1) is 0 Å². The third-order valence-electron chi connectivity index (χ3n) is 4.60. The number of aromatic amines is 1. The normalized spacial score (nSPS) is 12.5. The highest BCUT2D eigenvalue weighted by atomic mass is 32.2. The van der Waals surface area contributed by atoms with E-state index < -0.39 is 0 Å². The molecule has 29 heavy (non-hydrogen) atoms. The fraction of sp³-hybridized carbons (Fsp3) is 0.250. The summed E-state index contributed by atoms with van der Waals surface area (Å²) in [7, 11) is 3.89. The van der Waals surface area contributed by atoms with E-state index in [-0.39, 0.29) is 11.9 Å². The van der Waals surface area contributed by atoms with Crippen molar-refractivity contribution in [2.45, 2.75) is 17.0 Å². The Morgan fingerprint density at radius 3 is 2.86 bits per heavy atom. The van der Waals surface area contributed by atoms with Crippen molar-refractivity contribution in [2.24, 2.45) is 0 Å².